The lowest BCUT2D eigenvalue weighted by Gasteiger charge is -2.48. The number of rotatable bonds is 3. The summed E-state index contributed by atoms with van der Waals surface area (Å²) in [6.07, 6.45) is -2.22. The molecule has 0 unspecified atom stereocenters. The van der Waals surface area contributed by atoms with Crippen LogP contribution in [0.15, 0.2) is 16.5 Å². The van der Waals surface area contributed by atoms with E-state index in [1.165, 1.54) is 13.8 Å². The van der Waals surface area contributed by atoms with Gasteiger partial charge in [-0.2, -0.15) is 0 Å². The van der Waals surface area contributed by atoms with Crippen molar-refractivity contribution in [2.24, 2.45) is 16.8 Å². The van der Waals surface area contributed by atoms with Gasteiger partial charge in [-0.3, -0.25) is 4.79 Å². The number of ether oxygens (including phenoxy) is 1. The number of nitrogens with one attached hydrogen (secondary N) is 1. The smallest absolute Gasteiger partial charge is 0.338 e. The van der Waals surface area contributed by atoms with E-state index in [9.17, 15) is 24.9 Å². The predicted octanol–water partition coefficient (Wildman–Crippen LogP) is -1.85. The van der Waals surface area contributed by atoms with Crippen molar-refractivity contribution in [1.82, 2.24) is 5.32 Å². The molecule has 0 aromatic carbocycles. The number of cyclic esters (lactones) is 1. The largest absolute Gasteiger partial charge is 0.512 e. The normalized spacial score (nSPS) is 37.8. The molecule has 0 saturated carbocycles. The summed E-state index contributed by atoms with van der Waals surface area (Å²) in [7, 11) is 0. The van der Waals surface area contributed by atoms with Crippen LogP contribution in [0.25, 0.3) is 0 Å². The van der Waals surface area contributed by atoms with Gasteiger partial charge >= 0.3 is 5.97 Å². The minimum absolute atomic E-state index is 0.230. The molecule has 1 heterocycles. The highest BCUT2D eigenvalue weighted by Crippen LogP contribution is 2.41. The molecule has 0 aromatic heterocycles. The summed E-state index contributed by atoms with van der Waals surface area (Å²) in [5.74, 6) is -3.13. The van der Waals surface area contributed by atoms with E-state index in [1.54, 1.807) is 0 Å². The second kappa shape index (κ2) is 6.38. The number of fused-ring (bicyclic) bond motifs is 1. The molecule has 134 valence electrons. The molecule has 0 radical (unpaired) electrons. The third-order valence-corrected chi connectivity index (χ3v) is 4.34. The molecule has 24 heavy (non-hydrogen) atoms. The van der Waals surface area contributed by atoms with Crippen LogP contribution in [0.5, 0.6) is 0 Å². The van der Waals surface area contributed by atoms with Crippen molar-refractivity contribution >= 4 is 18.1 Å². The number of nitrogens with zero attached hydrogens (tertiary/aromatic N) is 1. The lowest BCUT2D eigenvalue weighted by atomic mass is 9.70. The van der Waals surface area contributed by atoms with Crippen LogP contribution < -0.4 is 11.1 Å². The summed E-state index contributed by atoms with van der Waals surface area (Å²) < 4.78 is 5.22. The standard InChI is InChI=1S/C14H21N3O7/c1-5(15)12(21)17-11-9-8(6(18)3-7(19)10(9)20)13(22)24-14(11,2)4-16-23/h4-5,7,9-11,18-20,23H,3,15H2,1-2H3,(H,17,21)/b16-4+/t5-,7+,9-,10-,11+,14-/m0/s1. The van der Waals surface area contributed by atoms with Gasteiger partial charge in [0.25, 0.3) is 0 Å². The Kier molecular flexibility index (Phi) is 4.83. The number of esters is 1. The van der Waals surface area contributed by atoms with E-state index in [-0.39, 0.29) is 12.0 Å². The zero-order chi connectivity index (χ0) is 18.2. The van der Waals surface area contributed by atoms with Crippen molar-refractivity contribution < 1.29 is 34.9 Å². The Bertz CT molecular complexity index is 603. The van der Waals surface area contributed by atoms with E-state index in [0.29, 0.717) is 0 Å². The highest BCUT2D eigenvalue weighted by atomic mass is 16.6. The summed E-state index contributed by atoms with van der Waals surface area (Å²) in [5.41, 5.74) is 3.67. The molecular weight excluding hydrogens is 322 g/mol. The van der Waals surface area contributed by atoms with Crippen LogP contribution in [0.2, 0.25) is 0 Å². The minimum atomic E-state index is -1.62. The monoisotopic (exact) mass is 343 g/mol. The van der Waals surface area contributed by atoms with Gasteiger partial charge in [0.1, 0.15) is 5.76 Å². The van der Waals surface area contributed by atoms with Gasteiger partial charge in [-0.15, -0.1) is 0 Å². The van der Waals surface area contributed by atoms with Crippen molar-refractivity contribution in [2.45, 2.75) is 50.2 Å². The van der Waals surface area contributed by atoms with Gasteiger partial charge in [0.05, 0.1) is 36.1 Å². The van der Waals surface area contributed by atoms with Crippen LogP contribution in [0.1, 0.15) is 20.3 Å². The van der Waals surface area contributed by atoms with Gasteiger partial charge < -0.3 is 36.3 Å². The summed E-state index contributed by atoms with van der Waals surface area (Å²) >= 11 is 0. The van der Waals surface area contributed by atoms with E-state index in [1.807, 2.05) is 0 Å². The average molecular weight is 343 g/mol. The first-order chi connectivity index (χ1) is 11.1. The van der Waals surface area contributed by atoms with E-state index in [2.05, 4.69) is 10.5 Å². The molecule has 10 heteroatoms. The molecule has 0 spiro atoms. The summed E-state index contributed by atoms with van der Waals surface area (Å²) in [4.78, 5) is 24.3. The number of hydrogen-bond acceptors (Lipinski definition) is 9. The molecule has 1 fully saturated rings. The number of oxime groups is 1. The zero-order valence-electron chi connectivity index (χ0n) is 13.2. The molecule has 0 bridgehead atoms. The lowest BCUT2D eigenvalue weighted by molar-refractivity contribution is -0.165. The Labute approximate surface area is 137 Å². The van der Waals surface area contributed by atoms with Crippen LogP contribution in [0.4, 0.5) is 0 Å². The topological polar surface area (TPSA) is 175 Å². The number of amides is 1. The molecule has 1 saturated heterocycles. The van der Waals surface area contributed by atoms with Crippen molar-refractivity contribution in [2.75, 3.05) is 0 Å². The molecule has 1 amide bonds. The minimum Gasteiger partial charge on any atom is -0.512 e. The number of carbonyl (C=O) groups is 2. The summed E-state index contributed by atoms with van der Waals surface area (Å²) in [6, 6.07) is -2.02. The molecule has 1 aliphatic carbocycles. The Balaban J connectivity index is 2.55. The number of aliphatic hydroxyl groups excluding tert-OH is 3. The van der Waals surface area contributed by atoms with E-state index >= 15 is 0 Å². The maximum absolute atomic E-state index is 12.2. The molecule has 2 rings (SSSR count). The lowest BCUT2D eigenvalue weighted by Crippen LogP contribution is -2.67. The Morgan fingerprint density at radius 3 is 2.71 bits per heavy atom. The van der Waals surface area contributed by atoms with Gasteiger partial charge in [0, 0.05) is 12.3 Å². The van der Waals surface area contributed by atoms with Crippen molar-refractivity contribution in [3.8, 4) is 0 Å². The zero-order valence-corrected chi connectivity index (χ0v) is 13.2. The maximum atomic E-state index is 12.2. The third-order valence-electron chi connectivity index (χ3n) is 4.34. The molecular formula is C14H21N3O7. The van der Waals surface area contributed by atoms with E-state index < -0.39 is 53.4 Å². The van der Waals surface area contributed by atoms with Crippen molar-refractivity contribution in [3.05, 3.63) is 11.3 Å². The fourth-order valence-electron chi connectivity index (χ4n) is 3.06. The van der Waals surface area contributed by atoms with Crippen LogP contribution in [-0.4, -0.2) is 68.5 Å². The number of aliphatic hydroxyl groups is 3. The SMILES string of the molecule is C[C@H](N)C(=O)N[C@@H]1[C@H]2C(=C(O)C[C@@H](O)[C@@H]2O)C(=O)O[C@@]1(C)/C=N/O. The quantitative estimate of drug-likeness (QED) is 0.150. The maximum Gasteiger partial charge on any atom is 0.338 e. The summed E-state index contributed by atoms with van der Waals surface area (Å²) in [5, 5.41) is 44.5. The van der Waals surface area contributed by atoms with Gasteiger partial charge in [-0.1, -0.05) is 5.16 Å². The van der Waals surface area contributed by atoms with Crippen molar-refractivity contribution in [1.29, 1.82) is 0 Å². The Hall–Kier alpha value is -2.17. The molecule has 7 N–H and O–H groups in total. The van der Waals surface area contributed by atoms with Gasteiger partial charge in [0.2, 0.25) is 5.91 Å². The highest BCUT2D eigenvalue weighted by Gasteiger charge is 2.56. The second-order valence-electron chi connectivity index (χ2n) is 6.24. The highest BCUT2D eigenvalue weighted by molar-refractivity contribution is 5.95. The fourth-order valence-corrected chi connectivity index (χ4v) is 3.06. The van der Waals surface area contributed by atoms with Gasteiger partial charge in [-0.25, -0.2) is 4.79 Å². The molecule has 6 atom stereocenters. The first kappa shape index (κ1) is 18.2. The fraction of sp³-hybridized carbons (Fsp3) is 0.643. The van der Waals surface area contributed by atoms with Crippen LogP contribution >= 0.6 is 0 Å². The number of hydrogen-bond donors (Lipinski definition) is 6. The molecule has 10 nitrogen and oxygen atoms in total. The van der Waals surface area contributed by atoms with E-state index in [0.717, 1.165) is 6.21 Å². The van der Waals surface area contributed by atoms with Crippen LogP contribution in [0.3, 0.4) is 0 Å². The first-order valence-corrected chi connectivity index (χ1v) is 7.38. The molecule has 1 aliphatic heterocycles. The average Bonchev–Trinajstić information content (AvgIpc) is 2.47. The number of carbonyl (C=O) groups excluding carboxylic acids is 2. The molecule has 2 aliphatic rings. The van der Waals surface area contributed by atoms with E-state index in [4.69, 9.17) is 15.7 Å². The number of nitrogens with two attached hydrogens (primary N) is 1. The van der Waals surface area contributed by atoms with Crippen LogP contribution in [-0.2, 0) is 14.3 Å². The third kappa shape index (κ3) is 2.95. The second-order valence-corrected chi connectivity index (χ2v) is 6.24. The molecule has 0 aromatic rings. The van der Waals surface area contributed by atoms with Crippen LogP contribution in [0, 0.1) is 5.92 Å². The first-order valence-electron chi connectivity index (χ1n) is 7.38. The van der Waals surface area contributed by atoms with Gasteiger partial charge in [0.15, 0.2) is 5.60 Å². The Morgan fingerprint density at radius 2 is 2.17 bits per heavy atom. The summed E-state index contributed by atoms with van der Waals surface area (Å²) in [6.45, 7) is 2.79. The van der Waals surface area contributed by atoms with Crippen molar-refractivity contribution in [3.63, 3.8) is 0 Å². The predicted molar refractivity (Wildman–Crippen MR) is 80.1 cm³/mol. The Morgan fingerprint density at radius 1 is 1.54 bits per heavy atom. The van der Waals surface area contributed by atoms with Gasteiger partial charge in [-0.05, 0) is 13.8 Å².